The summed E-state index contributed by atoms with van der Waals surface area (Å²) in [4.78, 5) is 37.7. The van der Waals surface area contributed by atoms with Crippen LogP contribution in [0.5, 0.6) is 0 Å². The lowest BCUT2D eigenvalue weighted by atomic mass is 10.1. The number of carbonyl (C=O) groups is 3. The Morgan fingerprint density at radius 2 is 1.86 bits per heavy atom. The quantitative estimate of drug-likeness (QED) is 0.664. The third-order valence-electron chi connectivity index (χ3n) is 4.30. The number of imide groups is 1. The highest BCUT2D eigenvalue weighted by Crippen LogP contribution is 2.32. The van der Waals surface area contributed by atoms with Gasteiger partial charge in [0.2, 0.25) is 5.91 Å². The maximum atomic E-state index is 13.8. The molecule has 5 nitrogen and oxygen atoms in total. The van der Waals surface area contributed by atoms with Crippen LogP contribution in [0.15, 0.2) is 53.4 Å². The van der Waals surface area contributed by atoms with Gasteiger partial charge in [-0.05, 0) is 42.0 Å². The molecule has 29 heavy (non-hydrogen) atoms. The maximum Gasteiger partial charge on any atom is 0.293 e. The third-order valence-corrected chi connectivity index (χ3v) is 5.58. The minimum absolute atomic E-state index is 0.0527. The van der Waals surface area contributed by atoms with Crippen LogP contribution in [-0.4, -0.2) is 35.0 Å². The highest BCUT2D eigenvalue weighted by atomic mass is 35.5. The molecule has 1 aliphatic rings. The summed E-state index contributed by atoms with van der Waals surface area (Å²) in [5, 5.41) is 2.87. The molecule has 1 heterocycles. The molecule has 0 bridgehead atoms. The Bertz CT molecular complexity index is 980. The van der Waals surface area contributed by atoms with Gasteiger partial charge in [0.15, 0.2) is 0 Å². The fourth-order valence-electron chi connectivity index (χ4n) is 2.77. The Hall–Kier alpha value is -2.64. The van der Waals surface area contributed by atoms with Gasteiger partial charge in [0.25, 0.3) is 11.1 Å². The molecular weight excluding hydrogens is 415 g/mol. The second kappa shape index (κ2) is 9.71. The van der Waals surface area contributed by atoms with Crippen LogP contribution in [0, 0.1) is 5.82 Å². The highest BCUT2D eigenvalue weighted by molar-refractivity contribution is 8.18. The van der Waals surface area contributed by atoms with Crippen molar-refractivity contribution in [1.82, 2.24) is 10.2 Å². The monoisotopic (exact) mass is 432 g/mol. The molecule has 0 saturated carbocycles. The lowest BCUT2D eigenvalue weighted by Crippen LogP contribution is -2.37. The fourth-order valence-corrected chi connectivity index (χ4v) is 3.86. The summed E-state index contributed by atoms with van der Waals surface area (Å²) >= 11 is 6.83. The van der Waals surface area contributed by atoms with Gasteiger partial charge >= 0.3 is 0 Å². The smallest absolute Gasteiger partial charge is 0.293 e. The number of benzene rings is 2. The summed E-state index contributed by atoms with van der Waals surface area (Å²) in [6, 6.07) is 13.3. The van der Waals surface area contributed by atoms with Crippen molar-refractivity contribution < 1.29 is 18.8 Å². The average Bonchev–Trinajstić information content (AvgIpc) is 2.96. The van der Waals surface area contributed by atoms with E-state index in [1.54, 1.807) is 18.2 Å². The lowest BCUT2D eigenvalue weighted by molar-refractivity contribution is -0.124. The van der Waals surface area contributed by atoms with Crippen molar-refractivity contribution in [3.05, 3.63) is 75.4 Å². The van der Waals surface area contributed by atoms with E-state index in [4.69, 9.17) is 11.6 Å². The van der Waals surface area contributed by atoms with E-state index in [0.29, 0.717) is 11.4 Å². The summed E-state index contributed by atoms with van der Waals surface area (Å²) in [5.74, 6) is -1.16. The number of carbonyl (C=O) groups excluding carboxylic acids is 3. The molecule has 1 saturated heterocycles. The fraction of sp³-hybridized carbons (Fsp3) is 0.190. The van der Waals surface area contributed by atoms with Gasteiger partial charge < -0.3 is 5.32 Å². The molecule has 150 valence electrons. The molecule has 0 atom stereocenters. The number of rotatable bonds is 7. The van der Waals surface area contributed by atoms with Crippen LogP contribution in [0.1, 0.15) is 17.5 Å². The van der Waals surface area contributed by atoms with E-state index in [1.165, 1.54) is 18.2 Å². The Morgan fingerprint density at radius 1 is 1.14 bits per heavy atom. The van der Waals surface area contributed by atoms with Crippen molar-refractivity contribution in [2.45, 2.75) is 12.8 Å². The van der Waals surface area contributed by atoms with E-state index in [2.05, 4.69) is 5.32 Å². The molecule has 3 rings (SSSR count). The maximum absolute atomic E-state index is 13.8. The molecule has 0 aliphatic carbocycles. The molecule has 0 unspecified atom stereocenters. The van der Waals surface area contributed by atoms with Gasteiger partial charge in [-0.15, -0.1) is 0 Å². The molecule has 1 N–H and O–H groups in total. The number of hydrogen-bond acceptors (Lipinski definition) is 4. The first-order valence-electron chi connectivity index (χ1n) is 8.95. The zero-order valence-corrected chi connectivity index (χ0v) is 16.9. The third kappa shape index (κ3) is 5.46. The first-order valence-corrected chi connectivity index (χ1v) is 10.1. The van der Waals surface area contributed by atoms with E-state index in [1.807, 2.05) is 18.2 Å². The predicted octanol–water partition coefficient (Wildman–Crippen LogP) is 4.26. The zero-order chi connectivity index (χ0) is 20.8. The van der Waals surface area contributed by atoms with Crippen LogP contribution in [-0.2, 0) is 16.0 Å². The van der Waals surface area contributed by atoms with Crippen molar-refractivity contribution in [2.24, 2.45) is 0 Å². The van der Waals surface area contributed by atoms with Crippen LogP contribution in [0.2, 0.25) is 5.02 Å². The number of aryl methyl sites for hydroxylation is 1. The standard InChI is InChI=1S/C21H18ClFN2O3S/c22-16-7-3-1-5-14(16)9-10-19(26)24-11-12-25-20(27)18(29-21(25)28)13-15-6-2-4-8-17(15)23/h1-8,13H,9-12H2,(H,24,26)/b18-13-. The van der Waals surface area contributed by atoms with Gasteiger partial charge in [-0.3, -0.25) is 19.3 Å². The van der Waals surface area contributed by atoms with Crippen LogP contribution >= 0.6 is 23.4 Å². The van der Waals surface area contributed by atoms with Crippen molar-refractivity contribution in [3.8, 4) is 0 Å². The van der Waals surface area contributed by atoms with Gasteiger partial charge in [-0.1, -0.05) is 48.0 Å². The molecule has 2 aromatic carbocycles. The minimum atomic E-state index is -0.492. The van der Waals surface area contributed by atoms with E-state index in [0.717, 1.165) is 22.2 Å². The van der Waals surface area contributed by atoms with Crippen LogP contribution in [0.3, 0.4) is 0 Å². The number of hydrogen-bond donors (Lipinski definition) is 1. The van der Waals surface area contributed by atoms with Crippen molar-refractivity contribution in [2.75, 3.05) is 13.1 Å². The normalized spacial score (nSPS) is 15.2. The molecular formula is C21H18ClFN2O3S. The van der Waals surface area contributed by atoms with Gasteiger partial charge in [0.05, 0.1) is 4.91 Å². The molecule has 0 spiro atoms. The number of nitrogens with zero attached hydrogens (tertiary/aromatic N) is 1. The molecule has 3 amide bonds. The summed E-state index contributed by atoms with van der Waals surface area (Å²) in [6.45, 7) is 0.198. The largest absolute Gasteiger partial charge is 0.354 e. The molecule has 1 aliphatic heterocycles. The van der Waals surface area contributed by atoms with Crippen LogP contribution in [0.4, 0.5) is 9.18 Å². The first kappa shape index (κ1) is 21.1. The molecule has 0 radical (unpaired) electrons. The van der Waals surface area contributed by atoms with E-state index in [-0.39, 0.29) is 35.9 Å². The lowest BCUT2D eigenvalue weighted by Gasteiger charge is -2.13. The Kier molecular flexibility index (Phi) is 7.06. The molecule has 8 heteroatoms. The Labute approximate surface area is 176 Å². The van der Waals surface area contributed by atoms with Gasteiger partial charge in [-0.2, -0.15) is 0 Å². The highest BCUT2D eigenvalue weighted by Gasteiger charge is 2.34. The Balaban J connectivity index is 1.50. The van der Waals surface area contributed by atoms with Gasteiger partial charge in [0, 0.05) is 30.1 Å². The van der Waals surface area contributed by atoms with Crippen molar-refractivity contribution in [1.29, 1.82) is 0 Å². The molecule has 0 aromatic heterocycles. The van der Waals surface area contributed by atoms with Crippen LogP contribution < -0.4 is 5.32 Å². The van der Waals surface area contributed by atoms with Crippen molar-refractivity contribution >= 4 is 46.5 Å². The van der Waals surface area contributed by atoms with E-state index >= 15 is 0 Å². The summed E-state index contributed by atoms with van der Waals surface area (Å²) in [6.07, 6.45) is 2.11. The topological polar surface area (TPSA) is 66.5 Å². The second-order valence-electron chi connectivity index (χ2n) is 6.30. The van der Waals surface area contributed by atoms with Gasteiger partial charge in [0.1, 0.15) is 5.82 Å². The number of nitrogens with one attached hydrogen (secondary N) is 1. The summed E-state index contributed by atoms with van der Waals surface area (Å²) in [7, 11) is 0. The number of thioether (sulfide) groups is 1. The predicted molar refractivity (Wildman–Crippen MR) is 112 cm³/mol. The summed E-state index contributed by atoms with van der Waals surface area (Å²) < 4.78 is 13.8. The Morgan fingerprint density at radius 3 is 2.62 bits per heavy atom. The molecule has 2 aromatic rings. The number of halogens is 2. The SMILES string of the molecule is O=C(CCc1ccccc1Cl)NCCN1C(=O)S/C(=C\c2ccccc2F)C1=O. The second-order valence-corrected chi connectivity index (χ2v) is 7.70. The zero-order valence-electron chi connectivity index (χ0n) is 15.4. The molecule has 1 fully saturated rings. The summed E-state index contributed by atoms with van der Waals surface area (Å²) in [5.41, 5.74) is 1.12. The van der Waals surface area contributed by atoms with Crippen LogP contribution in [0.25, 0.3) is 6.08 Å². The van der Waals surface area contributed by atoms with E-state index in [9.17, 15) is 18.8 Å². The minimum Gasteiger partial charge on any atom is -0.354 e. The average molecular weight is 433 g/mol. The number of amides is 3. The first-order chi connectivity index (χ1) is 14.0. The van der Waals surface area contributed by atoms with Crippen molar-refractivity contribution in [3.63, 3.8) is 0 Å². The van der Waals surface area contributed by atoms with Gasteiger partial charge in [-0.25, -0.2) is 4.39 Å². The van der Waals surface area contributed by atoms with E-state index < -0.39 is 17.0 Å².